The Morgan fingerprint density at radius 2 is 2.00 bits per heavy atom. The van der Waals surface area contributed by atoms with Crippen LogP contribution in [0.3, 0.4) is 0 Å². The van der Waals surface area contributed by atoms with Gasteiger partial charge in [-0.3, -0.25) is 4.79 Å². The molecule has 1 heterocycles. The molecule has 0 spiro atoms. The predicted octanol–water partition coefficient (Wildman–Crippen LogP) is 1.37. The van der Waals surface area contributed by atoms with Gasteiger partial charge in [-0.15, -0.1) is 0 Å². The van der Waals surface area contributed by atoms with Crippen LogP contribution in [0.1, 0.15) is 25.5 Å². The van der Waals surface area contributed by atoms with Crippen molar-refractivity contribution in [2.45, 2.75) is 19.8 Å². The Labute approximate surface area is 96.5 Å². The normalized spacial score (nSPS) is 14.2. The predicted molar refractivity (Wildman–Crippen MR) is 65.3 cm³/mol. The molecule has 0 aliphatic carbocycles. The molecule has 1 aromatic rings. The van der Waals surface area contributed by atoms with Crippen LogP contribution in [0.15, 0.2) is 18.2 Å². The number of primary amides is 1. The van der Waals surface area contributed by atoms with Gasteiger partial charge in [0.25, 0.3) is 0 Å². The van der Waals surface area contributed by atoms with Crippen LogP contribution in [-0.4, -0.2) is 25.0 Å². The minimum atomic E-state index is -0.287. The highest BCUT2D eigenvalue weighted by Crippen LogP contribution is 2.23. The molecule has 2 N–H and O–H groups in total. The fraction of sp³-hybridized carbons (Fsp3) is 0.500. The maximum Gasteiger partial charge on any atom is 0.220 e. The smallest absolute Gasteiger partial charge is 0.220 e. The van der Waals surface area contributed by atoms with Gasteiger partial charge in [-0.25, -0.2) is 4.98 Å². The second-order valence-corrected chi connectivity index (χ2v) is 4.29. The number of amides is 1. The number of aromatic nitrogens is 1. The van der Waals surface area contributed by atoms with Crippen LogP contribution < -0.4 is 10.6 Å². The Hall–Kier alpha value is -1.58. The molecule has 0 fully saturated rings. The second-order valence-electron chi connectivity index (χ2n) is 4.29. The third-order valence-corrected chi connectivity index (χ3v) is 2.88. The highest BCUT2D eigenvalue weighted by atomic mass is 16.1. The third kappa shape index (κ3) is 2.72. The first-order valence-electron chi connectivity index (χ1n) is 5.37. The summed E-state index contributed by atoms with van der Waals surface area (Å²) in [7, 11) is 3.88. The van der Waals surface area contributed by atoms with Crippen LogP contribution in [0.4, 0.5) is 5.82 Å². The molecule has 1 aromatic heterocycles. The van der Waals surface area contributed by atoms with Crippen molar-refractivity contribution in [1.82, 2.24) is 4.98 Å². The molecule has 0 aromatic carbocycles. The molecule has 0 bridgehead atoms. The van der Waals surface area contributed by atoms with Gasteiger partial charge in [-0.05, 0) is 12.1 Å². The van der Waals surface area contributed by atoms with Crippen molar-refractivity contribution in [3.05, 3.63) is 23.9 Å². The lowest BCUT2D eigenvalue weighted by atomic mass is 9.92. The number of pyridine rings is 1. The average molecular weight is 221 g/mol. The fourth-order valence-electron chi connectivity index (χ4n) is 1.44. The topological polar surface area (TPSA) is 59.2 Å². The molecule has 88 valence electrons. The van der Waals surface area contributed by atoms with E-state index in [1.54, 1.807) is 0 Å². The number of hydrogen-bond acceptors (Lipinski definition) is 3. The minimum absolute atomic E-state index is 0.0393. The van der Waals surface area contributed by atoms with E-state index in [0.29, 0.717) is 0 Å². The largest absolute Gasteiger partial charge is 0.369 e. The summed E-state index contributed by atoms with van der Waals surface area (Å²) < 4.78 is 0. The van der Waals surface area contributed by atoms with E-state index in [1.807, 2.05) is 51.0 Å². The molecule has 1 amide bonds. The SMILES string of the molecule is CC(C(N)=O)[C@@H](C)c1cccc(N(C)C)n1. The molecule has 0 aliphatic heterocycles. The molecule has 0 radical (unpaired) electrons. The fourth-order valence-corrected chi connectivity index (χ4v) is 1.44. The maximum absolute atomic E-state index is 11.1. The van der Waals surface area contributed by atoms with Gasteiger partial charge in [0.2, 0.25) is 5.91 Å². The Morgan fingerprint density at radius 1 is 1.38 bits per heavy atom. The lowest BCUT2D eigenvalue weighted by Gasteiger charge is -2.18. The molecule has 4 nitrogen and oxygen atoms in total. The molecule has 0 saturated carbocycles. The third-order valence-electron chi connectivity index (χ3n) is 2.88. The lowest BCUT2D eigenvalue weighted by molar-refractivity contribution is -0.121. The van der Waals surface area contributed by atoms with Crippen LogP contribution in [0.5, 0.6) is 0 Å². The summed E-state index contributed by atoms with van der Waals surface area (Å²) in [5, 5.41) is 0. The summed E-state index contributed by atoms with van der Waals surface area (Å²) in [5.41, 5.74) is 6.20. The molecular weight excluding hydrogens is 202 g/mol. The van der Waals surface area contributed by atoms with Crippen LogP contribution in [0, 0.1) is 5.92 Å². The number of carbonyl (C=O) groups excluding carboxylic acids is 1. The van der Waals surface area contributed by atoms with Crippen LogP contribution >= 0.6 is 0 Å². The summed E-state index contributed by atoms with van der Waals surface area (Å²) in [6, 6.07) is 5.81. The van der Waals surface area contributed by atoms with Crippen molar-refractivity contribution in [3.8, 4) is 0 Å². The molecule has 1 rings (SSSR count). The monoisotopic (exact) mass is 221 g/mol. The number of nitrogens with two attached hydrogens (primary N) is 1. The quantitative estimate of drug-likeness (QED) is 0.835. The summed E-state index contributed by atoms with van der Waals surface area (Å²) in [5.74, 6) is 0.438. The van der Waals surface area contributed by atoms with Crippen molar-refractivity contribution in [3.63, 3.8) is 0 Å². The molecular formula is C12H19N3O. The van der Waals surface area contributed by atoms with Crippen molar-refractivity contribution in [2.24, 2.45) is 11.7 Å². The summed E-state index contributed by atoms with van der Waals surface area (Å²) in [6.07, 6.45) is 0. The second kappa shape index (κ2) is 4.96. The lowest BCUT2D eigenvalue weighted by Crippen LogP contribution is -2.25. The highest BCUT2D eigenvalue weighted by molar-refractivity contribution is 5.77. The molecule has 2 atom stereocenters. The first-order chi connectivity index (χ1) is 7.43. The van der Waals surface area contributed by atoms with Gasteiger partial charge in [0.1, 0.15) is 5.82 Å². The van der Waals surface area contributed by atoms with Gasteiger partial charge in [-0.1, -0.05) is 19.9 Å². The molecule has 1 unspecified atom stereocenters. The average Bonchev–Trinajstić information content (AvgIpc) is 2.27. The first-order valence-corrected chi connectivity index (χ1v) is 5.37. The van der Waals surface area contributed by atoms with Crippen LogP contribution in [-0.2, 0) is 4.79 Å². The molecule has 0 saturated heterocycles. The maximum atomic E-state index is 11.1. The van der Waals surface area contributed by atoms with E-state index >= 15 is 0 Å². The highest BCUT2D eigenvalue weighted by Gasteiger charge is 2.20. The summed E-state index contributed by atoms with van der Waals surface area (Å²) >= 11 is 0. The van der Waals surface area contributed by atoms with Gasteiger partial charge in [-0.2, -0.15) is 0 Å². The van der Waals surface area contributed by atoms with Crippen LogP contribution in [0.25, 0.3) is 0 Å². The molecule has 16 heavy (non-hydrogen) atoms. The van der Waals surface area contributed by atoms with Gasteiger partial charge in [0, 0.05) is 31.6 Å². The molecule has 0 aliphatic rings. The van der Waals surface area contributed by atoms with E-state index in [4.69, 9.17) is 5.73 Å². The van der Waals surface area contributed by atoms with Crippen molar-refractivity contribution < 1.29 is 4.79 Å². The van der Waals surface area contributed by atoms with Crippen molar-refractivity contribution in [1.29, 1.82) is 0 Å². The minimum Gasteiger partial charge on any atom is -0.369 e. The standard InChI is InChI=1S/C12H19N3O/c1-8(9(2)12(13)16)10-6-5-7-11(14-10)15(3)4/h5-9H,1-4H3,(H2,13,16)/t8-,9?/m1/s1. The van der Waals surface area contributed by atoms with Crippen molar-refractivity contribution >= 4 is 11.7 Å². The van der Waals surface area contributed by atoms with E-state index < -0.39 is 0 Å². The zero-order chi connectivity index (χ0) is 12.3. The van der Waals surface area contributed by atoms with E-state index in [-0.39, 0.29) is 17.7 Å². The first kappa shape index (κ1) is 12.5. The van der Waals surface area contributed by atoms with Gasteiger partial charge in [0.05, 0.1) is 0 Å². The number of nitrogens with zero attached hydrogens (tertiary/aromatic N) is 2. The number of carbonyl (C=O) groups is 1. The Balaban J connectivity index is 2.95. The number of rotatable bonds is 4. The van der Waals surface area contributed by atoms with Gasteiger partial charge in [0.15, 0.2) is 0 Å². The van der Waals surface area contributed by atoms with E-state index in [0.717, 1.165) is 11.5 Å². The van der Waals surface area contributed by atoms with Gasteiger partial charge < -0.3 is 10.6 Å². The zero-order valence-corrected chi connectivity index (χ0v) is 10.3. The summed E-state index contributed by atoms with van der Waals surface area (Å²) in [6.45, 7) is 3.80. The molecule has 4 heteroatoms. The Kier molecular flexibility index (Phi) is 3.88. The summed E-state index contributed by atoms with van der Waals surface area (Å²) in [4.78, 5) is 17.5. The van der Waals surface area contributed by atoms with E-state index in [1.165, 1.54) is 0 Å². The zero-order valence-electron chi connectivity index (χ0n) is 10.3. The number of hydrogen-bond donors (Lipinski definition) is 1. The van der Waals surface area contributed by atoms with E-state index in [2.05, 4.69) is 4.98 Å². The van der Waals surface area contributed by atoms with Crippen molar-refractivity contribution in [2.75, 3.05) is 19.0 Å². The van der Waals surface area contributed by atoms with E-state index in [9.17, 15) is 4.79 Å². The Bertz CT molecular complexity index is 376. The number of anilines is 1. The Morgan fingerprint density at radius 3 is 2.50 bits per heavy atom. The van der Waals surface area contributed by atoms with Gasteiger partial charge >= 0.3 is 0 Å². The van der Waals surface area contributed by atoms with Crippen LogP contribution in [0.2, 0.25) is 0 Å².